The van der Waals surface area contributed by atoms with Crippen molar-refractivity contribution in [3.05, 3.63) is 35.4 Å². The van der Waals surface area contributed by atoms with Gasteiger partial charge in [0, 0.05) is 32.7 Å². The molecule has 2 aliphatic rings. The number of sulfonamides is 1. The zero-order chi connectivity index (χ0) is 20.9. The van der Waals surface area contributed by atoms with Gasteiger partial charge in [0.1, 0.15) is 0 Å². The van der Waals surface area contributed by atoms with Crippen LogP contribution in [0.25, 0.3) is 0 Å². The van der Waals surface area contributed by atoms with E-state index in [0.29, 0.717) is 12.0 Å². The molecule has 2 N–H and O–H groups in total. The molecule has 3 rings (SSSR count). The Bertz CT molecular complexity index is 820. The first-order valence-electron chi connectivity index (χ1n) is 10.8. The average Bonchev–Trinajstić information content (AvgIpc) is 3.06. The first kappa shape index (κ1) is 25.4. The summed E-state index contributed by atoms with van der Waals surface area (Å²) in [6, 6.07) is 7.63. The number of aliphatic imine (C=N–C) groups is 1. The van der Waals surface area contributed by atoms with E-state index in [9.17, 15) is 8.42 Å². The molecule has 2 fully saturated rings. The molecule has 1 spiro atoms. The van der Waals surface area contributed by atoms with Crippen LogP contribution in [0.15, 0.2) is 29.3 Å². The van der Waals surface area contributed by atoms with Gasteiger partial charge in [-0.3, -0.25) is 4.99 Å². The molecule has 0 amide bonds. The smallest absolute Gasteiger partial charge is 0.216 e. The molecule has 0 unspecified atom stereocenters. The second-order valence-electron chi connectivity index (χ2n) is 8.93. The van der Waals surface area contributed by atoms with Crippen LogP contribution in [0.3, 0.4) is 0 Å². The fraction of sp³-hybridized carbons (Fsp3) is 0.682. The highest BCUT2D eigenvalue weighted by Crippen LogP contribution is 2.43. The first-order chi connectivity index (χ1) is 13.8. The fourth-order valence-corrected chi connectivity index (χ4v) is 6.30. The van der Waals surface area contributed by atoms with E-state index in [-0.39, 0.29) is 35.8 Å². The Balaban J connectivity index is 0.00000320. The van der Waals surface area contributed by atoms with Crippen LogP contribution in [-0.4, -0.2) is 45.5 Å². The van der Waals surface area contributed by atoms with E-state index in [1.54, 1.807) is 0 Å². The van der Waals surface area contributed by atoms with E-state index >= 15 is 0 Å². The second-order valence-corrected chi connectivity index (χ2v) is 10.7. The molecule has 1 aromatic rings. The Kier molecular flexibility index (Phi) is 9.42. The predicted molar refractivity (Wildman–Crippen MR) is 135 cm³/mol. The fourth-order valence-electron chi connectivity index (χ4n) is 4.81. The molecule has 1 saturated carbocycles. The van der Waals surface area contributed by atoms with Crippen molar-refractivity contribution in [2.45, 2.75) is 70.7 Å². The number of rotatable bonds is 6. The zero-order valence-corrected chi connectivity index (χ0v) is 21.6. The summed E-state index contributed by atoms with van der Waals surface area (Å²) in [6.45, 7) is 6.38. The summed E-state index contributed by atoms with van der Waals surface area (Å²) in [5.41, 5.74) is 2.30. The summed E-state index contributed by atoms with van der Waals surface area (Å²) in [6.07, 6.45) is 8.01. The number of nitrogens with one attached hydrogen (secondary N) is 2. The molecule has 30 heavy (non-hydrogen) atoms. The number of halogens is 1. The van der Waals surface area contributed by atoms with Gasteiger partial charge in [-0.05, 0) is 49.7 Å². The standard InChI is InChI=1S/C22H36N4O2S.HI/c1-18(2)25-29(27,28)16-20-10-6-5-9-19(20)15-24-21(23-3)26-14-13-22(17-26)11-7-4-8-12-22;/h5-6,9-10,18,25H,4,7-8,11-17H2,1-3H3,(H,23,24);1H. The molecule has 1 aromatic carbocycles. The van der Waals surface area contributed by atoms with E-state index in [1.165, 1.54) is 38.5 Å². The summed E-state index contributed by atoms with van der Waals surface area (Å²) in [7, 11) is -1.52. The van der Waals surface area contributed by atoms with Crippen LogP contribution in [0.4, 0.5) is 0 Å². The summed E-state index contributed by atoms with van der Waals surface area (Å²) in [5, 5.41) is 3.48. The van der Waals surface area contributed by atoms with Gasteiger partial charge in [-0.1, -0.05) is 43.5 Å². The number of hydrogen-bond acceptors (Lipinski definition) is 3. The maximum absolute atomic E-state index is 12.4. The van der Waals surface area contributed by atoms with Crippen molar-refractivity contribution in [3.63, 3.8) is 0 Å². The van der Waals surface area contributed by atoms with E-state index in [0.717, 1.165) is 30.2 Å². The molecule has 1 saturated heterocycles. The molecule has 1 heterocycles. The number of nitrogens with zero attached hydrogens (tertiary/aromatic N) is 2. The van der Waals surface area contributed by atoms with Gasteiger partial charge < -0.3 is 10.2 Å². The van der Waals surface area contributed by atoms with Crippen molar-refractivity contribution in [2.24, 2.45) is 10.4 Å². The van der Waals surface area contributed by atoms with Crippen LogP contribution < -0.4 is 10.0 Å². The molecule has 0 radical (unpaired) electrons. The molecule has 1 aliphatic carbocycles. The molecule has 0 aromatic heterocycles. The molecule has 0 bridgehead atoms. The minimum Gasteiger partial charge on any atom is -0.352 e. The Morgan fingerprint density at radius 1 is 1.13 bits per heavy atom. The lowest BCUT2D eigenvalue weighted by molar-refractivity contribution is 0.203. The van der Waals surface area contributed by atoms with Crippen LogP contribution >= 0.6 is 24.0 Å². The SMILES string of the molecule is CN=C(NCc1ccccc1CS(=O)(=O)NC(C)C)N1CCC2(CCCCC2)C1.I. The van der Waals surface area contributed by atoms with E-state index in [4.69, 9.17) is 0 Å². The first-order valence-corrected chi connectivity index (χ1v) is 12.5. The van der Waals surface area contributed by atoms with Crippen LogP contribution in [0, 0.1) is 5.41 Å². The largest absolute Gasteiger partial charge is 0.352 e. The summed E-state index contributed by atoms with van der Waals surface area (Å²) in [4.78, 5) is 6.89. The van der Waals surface area contributed by atoms with Gasteiger partial charge in [-0.25, -0.2) is 13.1 Å². The van der Waals surface area contributed by atoms with Gasteiger partial charge in [0.15, 0.2) is 5.96 Å². The number of likely N-dealkylation sites (tertiary alicyclic amines) is 1. The van der Waals surface area contributed by atoms with Gasteiger partial charge in [0.2, 0.25) is 10.0 Å². The van der Waals surface area contributed by atoms with Crippen molar-refractivity contribution in [1.82, 2.24) is 14.9 Å². The van der Waals surface area contributed by atoms with Crippen molar-refractivity contribution in [3.8, 4) is 0 Å². The Hall–Kier alpha value is -0.870. The molecule has 0 atom stereocenters. The van der Waals surface area contributed by atoms with Gasteiger partial charge >= 0.3 is 0 Å². The predicted octanol–water partition coefficient (Wildman–Crippen LogP) is 3.86. The van der Waals surface area contributed by atoms with Crippen LogP contribution in [0.2, 0.25) is 0 Å². The maximum atomic E-state index is 12.4. The van der Waals surface area contributed by atoms with Crippen molar-refractivity contribution < 1.29 is 8.42 Å². The molecule has 170 valence electrons. The minimum absolute atomic E-state index is 0. The Morgan fingerprint density at radius 3 is 2.43 bits per heavy atom. The van der Waals surface area contributed by atoms with Gasteiger partial charge in [-0.15, -0.1) is 24.0 Å². The zero-order valence-electron chi connectivity index (χ0n) is 18.5. The molecule has 1 aliphatic heterocycles. The topological polar surface area (TPSA) is 73.8 Å². The lowest BCUT2D eigenvalue weighted by Gasteiger charge is -2.33. The van der Waals surface area contributed by atoms with Gasteiger partial charge in [0.05, 0.1) is 5.75 Å². The minimum atomic E-state index is -3.35. The highest BCUT2D eigenvalue weighted by molar-refractivity contribution is 14.0. The second kappa shape index (κ2) is 11.1. The monoisotopic (exact) mass is 548 g/mol. The quantitative estimate of drug-likeness (QED) is 0.322. The van der Waals surface area contributed by atoms with Crippen LogP contribution in [-0.2, 0) is 22.3 Å². The highest BCUT2D eigenvalue weighted by atomic mass is 127. The van der Waals surface area contributed by atoms with Crippen molar-refractivity contribution in [2.75, 3.05) is 20.1 Å². The third kappa shape index (κ3) is 6.82. The average molecular weight is 549 g/mol. The van der Waals surface area contributed by atoms with Gasteiger partial charge in [0.25, 0.3) is 0 Å². The van der Waals surface area contributed by atoms with Crippen LogP contribution in [0.5, 0.6) is 0 Å². The van der Waals surface area contributed by atoms with E-state index in [1.807, 2.05) is 45.2 Å². The lowest BCUT2D eigenvalue weighted by Crippen LogP contribution is -2.41. The normalized spacial score (nSPS) is 19.2. The third-order valence-corrected chi connectivity index (χ3v) is 7.70. The lowest BCUT2D eigenvalue weighted by atomic mass is 9.73. The summed E-state index contributed by atoms with van der Waals surface area (Å²) >= 11 is 0. The van der Waals surface area contributed by atoms with Gasteiger partial charge in [-0.2, -0.15) is 0 Å². The maximum Gasteiger partial charge on any atom is 0.216 e. The van der Waals surface area contributed by atoms with Crippen LogP contribution in [0.1, 0.15) is 63.5 Å². The summed E-state index contributed by atoms with van der Waals surface area (Å²) in [5.74, 6) is 0.916. The highest BCUT2D eigenvalue weighted by Gasteiger charge is 2.39. The number of hydrogen-bond donors (Lipinski definition) is 2. The number of benzene rings is 1. The van der Waals surface area contributed by atoms with E-state index < -0.39 is 10.0 Å². The Morgan fingerprint density at radius 2 is 1.80 bits per heavy atom. The number of guanidine groups is 1. The van der Waals surface area contributed by atoms with Crippen molar-refractivity contribution in [1.29, 1.82) is 0 Å². The molecule has 6 nitrogen and oxygen atoms in total. The summed E-state index contributed by atoms with van der Waals surface area (Å²) < 4.78 is 27.4. The van der Waals surface area contributed by atoms with Crippen molar-refractivity contribution >= 4 is 40.0 Å². The van der Waals surface area contributed by atoms with E-state index in [2.05, 4.69) is 19.9 Å². The Labute approximate surface area is 199 Å². The molecular weight excluding hydrogens is 511 g/mol. The molecular formula is C22H37IN4O2S. The molecule has 8 heteroatoms. The third-order valence-electron chi connectivity index (χ3n) is 6.18.